The molecule has 0 radical (unpaired) electrons. The third kappa shape index (κ3) is 4.21. The van der Waals surface area contributed by atoms with E-state index in [1.165, 1.54) is 43.5 Å². The number of amides is 1. The smallest absolute Gasteiger partial charge is 0.311 e. The molecule has 4 rings (SSSR count). The molecule has 9 nitrogen and oxygen atoms in total. The summed E-state index contributed by atoms with van der Waals surface area (Å²) in [4.78, 5) is 37.9. The summed E-state index contributed by atoms with van der Waals surface area (Å²) >= 11 is 3.30. The summed E-state index contributed by atoms with van der Waals surface area (Å²) in [5, 5.41) is 32.5. The van der Waals surface area contributed by atoms with Crippen LogP contribution in [-0.2, 0) is 9.59 Å². The van der Waals surface area contributed by atoms with Crippen LogP contribution < -0.4 is 9.64 Å². The van der Waals surface area contributed by atoms with Crippen LogP contribution in [0.3, 0.4) is 0 Å². The molecular weight excluding hydrogens is 527 g/mol. The van der Waals surface area contributed by atoms with Gasteiger partial charge in [0.15, 0.2) is 5.75 Å². The molecule has 1 fully saturated rings. The van der Waals surface area contributed by atoms with E-state index in [0.29, 0.717) is 10.2 Å². The summed E-state index contributed by atoms with van der Waals surface area (Å²) in [5.41, 5.74) is -0.611. The number of phenolic OH excluding ortho intramolecular Hbond substituents is 1. The highest BCUT2D eigenvalue weighted by atomic mass is 79.9. The van der Waals surface area contributed by atoms with Gasteiger partial charge in [0.05, 0.1) is 28.1 Å². The summed E-state index contributed by atoms with van der Waals surface area (Å²) in [7, 11) is 1.45. The van der Waals surface area contributed by atoms with E-state index in [9.17, 15) is 34.3 Å². The Morgan fingerprint density at radius 1 is 1.11 bits per heavy atom. The van der Waals surface area contributed by atoms with Gasteiger partial charge in [-0.05, 0) is 70.0 Å². The van der Waals surface area contributed by atoms with E-state index in [-0.39, 0.29) is 22.4 Å². The number of aliphatic hydroxyl groups excluding tert-OH is 1. The highest BCUT2D eigenvalue weighted by molar-refractivity contribution is 9.10. The molecule has 0 aromatic heterocycles. The number of aromatic hydroxyl groups is 1. The Kier molecular flexibility index (Phi) is 6.27. The van der Waals surface area contributed by atoms with Gasteiger partial charge >= 0.3 is 5.69 Å². The van der Waals surface area contributed by atoms with Crippen molar-refractivity contribution in [1.29, 1.82) is 0 Å². The first-order valence-corrected chi connectivity index (χ1v) is 10.8. The van der Waals surface area contributed by atoms with Gasteiger partial charge in [-0.2, -0.15) is 0 Å². The molecule has 0 spiro atoms. The first-order valence-electron chi connectivity index (χ1n) is 10.0. The lowest BCUT2D eigenvalue weighted by molar-refractivity contribution is -0.385. The minimum Gasteiger partial charge on any atom is -0.507 e. The fourth-order valence-corrected chi connectivity index (χ4v) is 4.38. The molecule has 2 N–H and O–H groups in total. The molecule has 35 heavy (non-hydrogen) atoms. The SMILES string of the molecule is COc1ccc(/C(O)=C2/C(=O)C(=O)N(c3ccc(F)cc3)C2c2ccc(O)c([N+](=O)[O-])c2)cc1Br. The van der Waals surface area contributed by atoms with Crippen LogP contribution in [0.1, 0.15) is 17.2 Å². The second-order valence-electron chi connectivity index (χ2n) is 7.50. The number of ether oxygens (including phenoxy) is 1. The quantitative estimate of drug-likeness (QED) is 0.155. The first-order chi connectivity index (χ1) is 16.6. The fraction of sp³-hybridized carbons (Fsp3) is 0.0833. The van der Waals surface area contributed by atoms with Gasteiger partial charge in [-0.3, -0.25) is 24.6 Å². The summed E-state index contributed by atoms with van der Waals surface area (Å²) in [6.45, 7) is 0. The molecule has 0 bridgehead atoms. The number of Topliss-reactive ketones (excluding diaryl/α,β-unsaturated/α-hetero) is 1. The van der Waals surface area contributed by atoms with E-state index >= 15 is 0 Å². The Morgan fingerprint density at radius 2 is 1.80 bits per heavy atom. The molecule has 11 heteroatoms. The second-order valence-corrected chi connectivity index (χ2v) is 8.35. The average Bonchev–Trinajstić information content (AvgIpc) is 3.09. The lowest BCUT2D eigenvalue weighted by Gasteiger charge is -2.25. The van der Waals surface area contributed by atoms with Gasteiger partial charge in [-0.15, -0.1) is 0 Å². The third-order valence-electron chi connectivity index (χ3n) is 5.49. The highest BCUT2D eigenvalue weighted by Crippen LogP contribution is 2.44. The molecule has 0 aliphatic carbocycles. The predicted molar refractivity (Wildman–Crippen MR) is 127 cm³/mol. The van der Waals surface area contributed by atoms with Crippen molar-refractivity contribution in [2.45, 2.75) is 6.04 Å². The molecule has 1 heterocycles. The minimum atomic E-state index is -1.30. The Hall–Kier alpha value is -4.25. The van der Waals surface area contributed by atoms with E-state index in [1.807, 2.05) is 0 Å². The second kappa shape index (κ2) is 9.18. The molecule has 0 saturated carbocycles. The number of phenols is 1. The highest BCUT2D eigenvalue weighted by Gasteiger charge is 2.47. The third-order valence-corrected chi connectivity index (χ3v) is 6.11. The van der Waals surface area contributed by atoms with Crippen LogP contribution >= 0.6 is 15.9 Å². The predicted octanol–water partition coefficient (Wildman–Crippen LogP) is 4.84. The van der Waals surface area contributed by atoms with Crippen LogP contribution in [0.15, 0.2) is 70.7 Å². The number of nitro groups is 1. The molecule has 1 amide bonds. The van der Waals surface area contributed by atoms with Crippen LogP contribution in [0.5, 0.6) is 11.5 Å². The van der Waals surface area contributed by atoms with Crippen molar-refractivity contribution >= 4 is 44.8 Å². The molecule has 3 aromatic rings. The molecule has 1 aliphatic heterocycles. The maximum absolute atomic E-state index is 13.5. The molecule has 1 unspecified atom stereocenters. The zero-order valence-electron chi connectivity index (χ0n) is 17.9. The van der Waals surface area contributed by atoms with Gasteiger partial charge in [0.1, 0.15) is 17.3 Å². The maximum atomic E-state index is 13.5. The van der Waals surface area contributed by atoms with Crippen molar-refractivity contribution in [2.75, 3.05) is 12.0 Å². The van der Waals surface area contributed by atoms with Crippen LogP contribution in [0.25, 0.3) is 5.76 Å². The standard InChI is InChI=1S/C24H16BrFN2O7/c1-35-19-9-3-13(10-16(19)25)22(30)20-21(12-2-8-18(29)17(11-12)28(33)34)27(24(32)23(20)31)15-6-4-14(26)5-7-15/h2-11,21,29-30H,1H3/b22-20-. The van der Waals surface area contributed by atoms with E-state index < -0.39 is 45.7 Å². The summed E-state index contributed by atoms with van der Waals surface area (Å²) < 4.78 is 19.2. The van der Waals surface area contributed by atoms with Gasteiger partial charge in [-0.25, -0.2) is 4.39 Å². The van der Waals surface area contributed by atoms with E-state index in [4.69, 9.17) is 4.74 Å². The van der Waals surface area contributed by atoms with Crippen LogP contribution in [0, 0.1) is 15.9 Å². The summed E-state index contributed by atoms with van der Waals surface area (Å²) in [5.74, 6) is -3.33. The van der Waals surface area contributed by atoms with Gasteiger partial charge in [0, 0.05) is 17.3 Å². The summed E-state index contributed by atoms with van der Waals surface area (Å²) in [6, 6.07) is 11.3. The number of rotatable bonds is 5. The van der Waals surface area contributed by atoms with E-state index in [0.717, 1.165) is 29.2 Å². The Morgan fingerprint density at radius 3 is 2.40 bits per heavy atom. The minimum absolute atomic E-state index is 0.0761. The maximum Gasteiger partial charge on any atom is 0.311 e. The van der Waals surface area contributed by atoms with Gasteiger partial charge in [-0.1, -0.05) is 6.07 Å². The number of nitro benzene ring substituents is 1. The number of carbonyl (C=O) groups excluding carboxylic acids is 2. The number of nitrogens with zero attached hydrogens (tertiary/aromatic N) is 2. The van der Waals surface area contributed by atoms with Crippen molar-refractivity contribution in [3.63, 3.8) is 0 Å². The zero-order valence-corrected chi connectivity index (χ0v) is 19.5. The van der Waals surface area contributed by atoms with Gasteiger partial charge in [0.25, 0.3) is 11.7 Å². The number of anilines is 1. The number of halogens is 2. The van der Waals surface area contributed by atoms with Crippen molar-refractivity contribution in [2.24, 2.45) is 0 Å². The number of ketones is 1. The van der Waals surface area contributed by atoms with Crippen molar-refractivity contribution in [3.8, 4) is 11.5 Å². The number of carbonyl (C=O) groups is 2. The molecular formula is C24H16BrFN2O7. The largest absolute Gasteiger partial charge is 0.507 e. The molecule has 3 aromatic carbocycles. The van der Waals surface area contributed by atoms with Gasteiger partial charge in [0.2, 0.25) is 0 Å². The van der Waals surface area contributed by atoms with E-state index in [2.05, 4.69) is 15.9 Å². The van der Waals surface area contributed by atoms with E-state index in [1.54, 1.807) is 0 Å². The number of methoxy groups -OCH3 is 1. The lowest BCUT2D eigenvalue weighted by Crippen LogP contribution is -2.29. The summed E-state index contributed by atoms with van der Waals surface area (Å²) in [6.07, 6.45) is 0. The van der Waals surface area contributed by atoms with Gasteiger partial charge < -0.3 is 14.9 Å². The number of aliphatic hydroxyl groups is 1. The molecule has 1 aliphatic rings. The van der Waals surface area contributed by atoms with Crippen molar-refractivity contribution < 1.29 is 33.9 Å². The number of hydrogen-bond acceptors (Lipinski definition) is 7. The van der Waals surface area contributed by atoms with Crippen molar-refractivity contribution in [1.82, 2.24) is 0 Å². The Bertz CT molecular complexity index is 1410. The Balaban J connectivity index is 1.98. The zero-order chi connectivity index (χ0) is 25.4. The molecule has 178 valence electrons. The monoisotopic (exact) mass is 542 g/mol. The number of benzene rings is 3. The topological polar surface area (TPSA) is 130 Å². The molecule has 1 atom stereocenters. The first kappa shape index (κ1) is 23.9. The Labute approximate surface area is 206 Å². The fourth-order valence-electron chi connectivity index (χ4n) is 3.84. The van der Waals surface area contributed by atoms with Crippen molar-refractivity contribution in [3.05, 3.63) is 97.8 Å². The van der Waals surface area contributed by atoms with Crippen LogP contribution in [0.2, 0.25) is 0 Å². The molecule has 1 saturated heterocycles. The number of hydrogen-bond donors (Lipinski definition) is 2. The average molecular weight is 543 g/mol. The van der Waals surface area contributed by atoms with Crippen LogP contribution in [0.4, 0.5) is 15.8 Å². The normalized spacial score (nSPS) is 17.0. The lowest BCUT2D eigenvalue weighted by atomic mass is 9.94. The van der Waals surface area contributed by atoms with Crippen LogP contribution in [-0.4, -0.2) is 33.9 Å².